The fourth-order valence-electron chi connectivity index (χ4n) is 0.981. The van der Waals surface area contributed by atoms with Crippen LogP contribution in [0.3, 0.4) is 0 Å². The van der Waals surface area contributed by atoms with E-state index in [-0.39, 0.29) is 0 Å². The van der Waals surface area contributed by atoms with Crippen molar-refractivity contribution in [1.82, 2.24) is 0 Å². The molecule has 0 radical (unpaired) electrons. The third kappa shape index (κ3) is 2.07. The first-order valence-corrected chi connectivity index (χ1v) is 5.19. The maximum atomic E-state index is 11.4. The molecular weight excluding hydrogens is 184 g/mol. The second kappa shape index (κ2) is 4.06. The predicted molar refractivity (Wildman–Crippen MR) is 52.5 cm³/mol. The maximum absolute atomic E-state index is 11.4. The van der Waals surface area contributed by atoms with Crippen molar-refractivity contribution in [2.24, 2.45) is 0 Å². The molecule has 1 unspecified atom stereocenters. The Bertz CT molecular complexity index is 382. The van der Waals surface area contributed by atoms with Crippen molar-refractivity contribution in [2.45, 2.75) is 11.8 Å². The van der Waals surface area contributed by atoms with Gasteiger partial charge in [-0.25, -0.2) is 0 Å². The average molecular weight is 194 g/mol. The third-order valence-corrected chi connectivity index (χ3v) is 3.03. The van der Waals surface area contributed by atoms with Crippen LogP contribution in [0.4, 0.5) is 5.69 Å². The van der Waals surface area contributed by atoms with E-state index in [9.17, 15) is 4.21 Å². The van der Waals surface area contributed by atoms with E-state index in [0.717, 1.165) is 0 Å². The highest BCUT2D eigenvalue weighted by Gasteiger charge is 2.05. The molecule has 0 aromatic heterocycles. The van der Waals surface area contributed by atoms with Gasteiger partial charge < -0.3 is 5.73 Å². The molecule has 0 heterocycles. The number of anilines is 1. The first-order chi connectivity index (χ1) is 6.19. The van der Waals surface area contributed by atoms with Crippen LogP contribution in [0.15, 0.2) is 23.1 Å². The van der Waals surface area contributed by atoms with Gasteiger partial charge in [0.1, 0.15) is 0 Å². The zero-order valence-corrected chi connectivity index (χ0v) is 8.10. The summed E-state index contributed by atoms with van der Waals surface area (Å²) >= 11 is 0. The molecule has 0 saturated carbocycles. The van der Waals surface area contributed by atoms with Gasteiger partial charge in [0.25, 0.3) is 0 Å². The lowest BCUT2D eigenvalue weighted by Crippen LogP contribution is -1.99. The molecule has 1 atom stereocenters. The summed E-state index contributed by atoms with van der Waals surface area (Å²) in [7, 11) is -1.05. The number of rotatable bonds is 2. The second-order valence-corrected chi connectivity index (χ2v) is 4.21. The van der Waals surface area contributed by atoms with Gasteiger partial charge in [0.05, 0.1) is 27.3 Å². The average Bonchev–Trinajstić information content (AvgIpc) is 2.16. The molecule has 13 heavy (non-hydrogen) atoms. The molecule has 3 nitrogen and oxygen atoms in total. The lowest BCUT2D eigenvalue weighted by atomic mass is 10.2. The van der Waals surface area contributed by atoms with Crippen LogP contribution in [0.5, 0.6) is 0 Å². The summed E-state index contributed by atoms with van der Waals surface area (Å²) in [6, 6.07) is 6.79. The van der Waals surface area contributed by atoms with Crippen molar-refractivity contribution < 1.29 is 4.21 Å². The van der Waals surface area contributed by atoms with E-state index in [2.05, 4.69) is 0 Å². The van der Waals surface area contributed by atoms with Crippen molar-refractivity contribution in [2.75, 3.05) is 11.5 Å². The minimum atomic E-state index is -1.05. The van der Waals surface area contributed by atoms with E-state index in [1.54, 1.807) is 18.2 Å². The highest BCUT2D eigenvalue weighted by Crippen LogP contribution is 2.17. The normalized spacial score (nSPS) is 12.0. The smallest absolute Gasteiger partial charge is 0.0992 e. The number of hydrogen-bond acceptors (Lipinski definition) is 3. The monoisotopic (exact) mass is 194 g/mol. The topological polar surface area (TPSA) is 66.9 Å². The largest absolute Gasteiger partial charge is 0.398 e. The summed E-state index contributed by atoms with van der Waals surface area (Å²) in [5.74, 6) is 0.538. The van der Waals surface area contributed by atoms with Crippen LogP contribution in [0, 0.1) is 11.3 Å². The number of nitriles is 1. The quantitative estimate of drug-likeness (QED) is 0.721. The van der Waals surface area contributed by atoms with E-state index in [1.165, 1.54) is 0 Å². The molecule has 0 saturated heterocycles. The van der Waals surface area contributed by atoms with Crippen LogP contribution in [0.2, 0.25) is 0 Å². The summed E-state index contributed by atoms with van der Waals surface area (Å²) in [4.78, 5) is 0.613. The van der Waals surface area contributed by atoms with Crippen LogP contribution in [0.25, 0.3) is 0 Å². The molecule has 1 aromatic rings. The number of benzene rings is 1. The standard InChI is InChI=1S/C9H10N2OS/c1-2-13(12)9-4-3-7(6-10)5-8(9)11/h3-5H,2,11H2,1H3. The lowest BCUT2D eigenvalue weighted by molar-refractivity contribution is 0.684. The van der Waals surface area contributed by atoms with Crippen molar-refractivity contribution in [1.29, 1.82) is 5.26 Å². The molecule has 0 spiro atoms. The van der Waals surface area contributed by atoms with Gasteiger partial charge in [0.15, 0.2) is 0 Å². The van der Waals surface area contributed by atoms with Gasteiger partial charge in [-0.2, -0.15) is 5.26 Å². The first-order valence-electron chi connectivity index (χ1n) is 3.87. The molecule has 1 aromatic carbocycles. The zero-order chi connectivity index (χ0) is 9.84. The van der Waals surface area contributed by atoms with Crippen LogP contribution in [-0.4, -0.2) is 9.96 Å². The summed E-state index contributed by atoms with van der Waals surface area (Å²) in [6.07, 6.45) is 0. The predicted octanol–water partition coefficient (Wildman–Crippen LogP) is 1.27. The van der Waals surface area contributed by atoms with E-state index in [0.29, 0.717) is 21.9 Å². The highest BCUT2D eigenvalue weighted by molar-refractivity contribution is 7.85. The van der Waals surface area contributed by atoms with E-state index >= 15 is 0 Å². The molecule has 0 aliphatic rings. The molecule has 0 bridgehead atoms. The Labute approximate surface area is 79.6 Å². The number of nitrogens with zero attached hydrogens (tertiary/aromatic N) is 1. The molecule has 0 amide bonds. The Morgan fingerprint density at radius 3 is 2.77 bits per heavy atom. The second-order valence-electron chi connectivity index (χ2n) is 2.50. The molecule has 1 rings (SSSR count). The van der Waals surface area contributed by atoms with Crippen LogP contribution in [-0.2, 0) is 10.8 Å². The number of hydrogen-bond donors (Lipinski definition) is 1. The van der Waals surface area contributed by atoms with Gasteiger partial charge in [-0.05, 0) is 18.2 Å². The summed E-state index contributed by atoms with van der Waals surface area (Å²) in [6.45, 7) is 1.83. The Balaban J connectivity index is 3.14. The Morgan fingerprint density at radius 1 is 1.62 bits per heavy atom. The van der Waals surface area contributed by atoms with Crippen LogP contribution >= 0.6 is 0 Å². The molecule has 68 valence electrons. The van der Waals surface area contributed by atoms with Gasteiger partial charge in [0, 0.05) is 11.4 Å². The van der Waals surface area contributed by atoms with Crippen molar-refractivity contribution in [3.8, 4) is 6.07 Å². The Kier molecular flexibility index (Phi) is 3.04. The first kappa shape index (κ1) is 9.75. The van der Waals surface area contributed by atoms with Crippen molar-refractivity contribution in [3.05, 3.63) is 23.8 Å². The summed E-state index contributed by atoms with van der Waals surface area (Å²) in [5.41, 5.74) is 6.55. The van der Waals surface area contributed by atoms with Gasteiger partial charge >= 0.3 is 0 Å². The summed E-state index contributed by atoms with van der Waals surface area (Å²) < 4.78 is 11.4. The Hall–Kier alpha value is -1.34. The van der Waals surface area contributed by atoms with Gasteiger partial charge in [-0.15, -0.1) is 0 Å². The van der Waals surface area contributed by atoms with Crippen molar-refractivity contribution in [3.63, 3.8) is 0 Å². The minimum Gasteiger partial charge on any atom is -0.398 e. The SMILES string of the molecule is CCS(=O)c1ccc(C#N)cc1N. The van der Waals surface area contributed by atoms with Gasteiger partial charge in [-0.3, -0.25) is 4.21 Å². The third-order valence-electron chi connectivity index (χ3n) is 1.65. The summed E-state index contributed by atoms with van der Waals surface area (Å²) in [5, 5.41) is 8.57. The van der Waals surface area contributed by atoms with Gasteiger partial charge in [-0.1, -0.05) is 6.92 Å². The van der Waals surface area contributed by atoms with E-state index < -0.39 is 10.8 Å². The lowest BCUT2D eigenvalue weighted by Gasteiger charge is -2.03. The van der Waals surface area contributed by atoms with Crippen molar-refractivity contribution >= 4 is 16.5 Å². The van der Waals surface area contributed by atoms with E-state index in [4.69, 9.17) is 11.0 Å². The molecule has 0 aliphatic heterocycles. The fraction of sp³-hybridized carbons (Fsp3) is 0.222. The Morgan fingerprint density at radius 2 is 2.31 bits per heavy atom. The molecule has 0 fully saturated rings. The maximum Gasteiger partial charge on any atom is 0.0992 e. The molecular formula is C9H10N2OS. The highest BCUT2D eigenvalue weighted by atomic mass is 32.2. The number of nitrogens with two attached hydrogens (primary N) is 1. The molecule has 2 N–H and O–H groups in total. The van der Waals surface area contributed by atoms with Gasteiger partial charge in [0.2, 0.25) is 0 Å². The van der Waals surface area contributed by atoms with Crippen LogP contribution < -0.4 is 5.73 Å². The molecule has 0 aliphatic carbocycles. The minimum absolute atomic E-state index is 0.430. The van der Waals surface area contributed by atoms with E-state index in [1.807, 2.05) is 13.0 Å². The molecule has 4 heteroatoms. The fourth-order valence-corrected chi connectivity index (χ4v) is 1.83. The van der Waals surface area contributed by atoms with Crippen LogP contribution in [0.1, 0.15) is 12.5 Å². The zero-order valence-electron chi connectivity index (χ0n) is 7.28. The number of nitrogen functional groups attached to an aromatic ring is 1.